The van der Waals surface area contributed by atoms with Gasteiger partial charge in [0.1, 0.15) is 0 Å². The van der Waals surface area contributed by atoms with Crippen LogP contribution in [-0.2, 0) is 0 Å². The molecule has 0 aliphatic rings. The normalized spacial score (nSPS) is 10.8. The molecule has 0 atom stereocenters. The lowest BCUT2D eigenvalue weighted by atomic mass is 10.0. The Bertz CT molecular complexity index is 973. The lowest BCUT2D eigenvalue weighted by Crippen LogP contribution is -1.91. The molecule has 0 amide bonds. The molecule has 0 saturated heterocycles. The van der Waals surface area contributed by atoms with Gasteiger partial charge >= 0.3 is 0 Å². The summed E-state index contributed by atoms with van der Waals surface area (Å²) >= 11 is 6.04. The van der Waals surface area contributed by atoms with Crippen LogP contribution < -0.4 is 0 Å². The Morgan fingerprint density at radius 3 is 2.22 bits per heavy atom. The monoisotopic (exact) mass is 316 g/mol. The first-order valence-electron chi connectivity index (χ1n) is 7.39. The van der Waals surface area contributed by atoms with E-state index >= 15 is 0 Å². The molecular formula is C20H13ClN2. The minimum atomic E-state index is 0.697. The van der Waals surface area contributed by atoms with E-state index in [2.05, 4.69) is 34.5 Å². The predicted molar refractivity (Wildman–Crippen MR) is 95.4 cm³/mol. The van der Waals surface area contributed by atoms with Gasteiger partial charge in [-0.2, -0.15) is 0 Å². The number of benzene rings is 3. The quantitative estimate of drug-likeness (QED) is 0.480. The van der Waals surface area contributed by atoms with E-state index in [1.54, 1.807) is 0 Å². The van der Waals surface area contributed by atoms with Crippen LogP contribution >= 0.6 is 11.6 Å². The highest BCUT2D eigenvalue weighted by Gasteiger charge is 2.07. The minimum Gasteiger partial charge on any atom is -0.150 e. The molecule has 3 heteroatoms. The molecule has 0 bridgehead atoms. The van der Waals surface area contributed by atoms with Crippen molar-refractivity contribution in [2.45, 2.75) is 0 Å². The Kier molecular flexibility index (Phi) is 3.52. The van der Waals surface area contributed by atoms with Crippen molar-refractivity contribution >= 4 is 22.4 Å². The molecule has 3 aromatic carbocycles. The zero-order valence-electron chi connectivity index (χ0n) is 12.3. The second kappa shape index (κ2) is 5.82. The smallest absolute Gasteiger partial charge is 0.0936 e. The van der Waals surface area contributed by atoms with Crippen molar-refractivity contribution in [1.29, 1.82) is 0 Å². The Balaban J connectivity index is 1.78. The summed E-state index contributed by atoms with van der Waals surface area (Å²) in [4.78, 5) is 0. The zero-order valence-corrected chi connectivity index (χ0v) is 13.0. The Labute approximate surface area is 139 Å². The van der Waals surface area contributed by atoms with Crippen molar-refractivity contribution in [3.63, 3.8) is 0 Å². The van der Waals surface area contributed by atoms with Crippen LogP contribution in [0.1, 0.15) is 0 Å². The van der Waals surface area contributed by atoms with Gasteiger partial charge in [-0.1, -0.05) is 66.2 Å². The summed E-state index contributed by atoms with van der Waals surface area (Å²) in [6, 6.07) is 26.1. The van der Waals surface area contributed by atoms with Crippen LogP contribution in [0.15, 0.2) is 78.9 Å². The van der Waals surface area contributed by atoms with Crippen molar-refractivity contribution in [2.24, 2.45) is 0 Å². The van der Waals surface area contributed by atoms with Gasteiger partial charge in [-0.05, 0) is 35.0 Å². The molecule has 110 valence electrons. The lowest BCUT2D eigenvalue weighted by molar-refractivity contribution is 1.05. The molecule has 0 radical (unpaired) electrons. The highest BCUT2D eigenvalue weighted by molar-refractivity contribution is 6.30. The molecule has 0 N–H and O–H groups in total. The summed E-state index contributed by atoms with van der Waals surface area (Å²) in [6.45, 7) is 0. The van der Waals surface area contributed by atoms with Crippen molar-refractivity contribution in [3.05, 3.63) is 83.9 Å². The third-order valence-corrected chi connectivity index (χ3v) is 4.09. The Hall–Kier alpha value is -2.71. The average molecular weight is 317 g/mol. The van der Waals surface area contributed by atoms with Gasteiger partial charge in [0.2, 0.25) is 0 Å². The van der Waals surface area contributed by atoms with E-state index in [1.807, 2.05) is 54.6 Å². The van der Waals surface area contributed by atoms with Gasteiger partial charge in [0.15, 0.2) is 0 Å². The van der Waals surface area contributed by atoms with Crippen LogP contribution in [0.5, 0.6) is 0 Å². The van der Waals surface area contributed by atoms with Gasteiger partial charge in [-0.25, -0.2) is 0 Å². The predicted octanol–water partition coefficient (Wildman–Crippen LogP) is 5.62. The summed E-state index contributed by atoms with van der Waals surface area (Å²) in [5.41, 5.74) is 3.74. The molecule has 2 nitrogen and oxygen atoms in total. The topological polar surface area (TPSA) is 25.8 Å². The number of halogens is 1. The van der Waals surface area contributed by atoms with E-state index in [0.717, 1.165) is 22.5 Å². The van der Waals surface area contributed by atoms with E-state index in [0.29, 0.717) is 5.02 Å². The van der Waals surface area contributed by atoms with Crippen LogP contribution in [0.2, 0.25) is 5.02 Å². The largest absolute Gasteiger partial charge is 0.150 e. The van der Waals surface area contributed by atoms with E-state index in [-0.39, 0.29) is 0 Å². The molecule has 0 fully saturated rings. The summed E-state index contributed by atoms with van der Waals surface area (Å²) < 4.78 is 0. The van der Waals surface area contributed by atoms with E-state index in [1.165, 1.54) is 10.8 Å². The Morgan fingerprint density at radius 2 is 1.39 bits per heavy atom. The van der Waals surface area contributed by atoms with Gasteiger partial charge < -0.3 is 0 Å². The van der Waals surface area contributed by atoms with Crippen LogP contribution in [0.4, 0.5) is 0 Å². The number of hydrogen-bond donors (Lipinski definition) is 0. The highest BCUT2D eigenvalue weighted by Crippen LogP contribution is 2.28. The highest BCUT2D eigenvalue weighted by atomic mass is 35.5. The minimum absolute atomic E-state index is 0.697. The molecular weight excluding hydrogens is 304 g/mol. The third kappa shape index (κ3) is 2.69. The van der Waals surface area contributed by atoms with E-state index in [4.69, 9.17) is 11.6 Å². The van der Waals surface area contributed by atoms with Gasteiger partial charge in [0.05, 0.1) is 11.4 Å². The van der Waals surface area contributed by atoms with Crippen molar-refractivity contribution < 1.29 is 0 Å². The third-order valence-electron chi connectivity index (χ3n) is 3.85. The van der Waals surface area contributed by atoms with E-state index < -0.39 is 0 Å². The molecule has 0 spiro atoms. The van der Waals surface area contributed by atoms with Crippen molar-refractivity contribution in [3.8, 4) is 22.5 Å². The van der Waals surface area contributed by atoms with Gasteiger partial charge in [0.25, 0.3) is 0 Å². The number of rotatable bonds is 2. The Morgan fingerprint density at radius 1 is 0.652 bits per heavy atom. The number of nitrogens with zero attached hydrogens (tertiary/aromatic N) is 2. The van der Waals surface area contributed by atoms with Gasteiger partial charge in [-0.15, -0.1) is 10.2 Å². The summed E-state index contributed by atoms with van der Waals surface area (Å²) in [6.07, 6.45) is 0. The summed E-state index contributed by atoms with van der Waals surface area (Å²) in [7, 11) is 0. The maximum absolute atomic E-state index is 6.04. The van der Waals surface area contributed by atoms with Crippen LogP contribution in [-0.4, -0.2) is 10.2 Å². The molecule has 4 aromatic rings. The van der Waals surface area contributed by atoms with Crippen LogP contribution in [0.25, 0.3) is 33.3 Å². The van der Waals surface area contributed by atoms with Gasteiger partial charge in [-0.3, -0.25) is 0 Å². The van der Waals surface area contributed by atoms with Crippen molar-refractivity contribution in [2.75, 3.05) is 0 Å². The fourth-order valence-corrected chi connectivity index (χ4v) is 2.92. The molecule has 0 saturated carbocycles. The molecule has 23 heavy (non-hydrogen) atoms. The van der Waals surface area contributed by atoms with Crippen LogP contribution in [0.3, 0.4) is 0 Å². The van der Waals surface area contributed by atoms with Crippen molar-refractivity contribution in [1.82, 2.24) is 10.2 Å². The summed E-state index contributed by atoms with van der Waals surface area (Å²) in [5.74, 6) is 0. The average Bonchev–Trinajstić information content (AvgIpc) is 2.61. The number of fused-ring (bicyclic) bond motifs is 1. The number of aromatic nitrogens is 2. The fraction of sp³-hybridized carbons (Fsp3) is 0. The van der Waals surface area contributed by atoms with Crippen LogP contribution in [0, 0.1) is 0 Å². The maximum Gasteiger partial charge on any atom is 0.0936 e. The first-order valence-corrected chi connectivity index (χ1v) is 7.77. The lowest BCUT2D eigenvalue weighted by Gasteiger charge is -2.06. The second-order valence-electron chi connectivity index (χ2n) is 5.34. The molecule has 4 rings (SSSR count). The molecule has 0 aliphatic carbocycles. The fourth-order valence-electron chi connectivity index (χ4n) is 2.73. The first-order chi connectivity index (χ1) is 11.3. The molecule has 1 aromatic heterocycles. The molecule has 0 aliphatic heterocycles. The SMILES string of the molecule is Clc1cccc(-c2ccc(-c3cccc4ccccc34)nn2)c1. The van der Waals surface area contributed by atoms with E-state index in [9.17, 15) is 0 Å². The summed E-state index contributed by atoms with van der Waals surface area (Å²) in [5, 5.41) is 11.9. The second-order valence-corrected chi connectivity index (χ2v) is 5.78. The molecule has 1 heterocycles. The van der Waals surface area contributed by atoms with Gasteiger partial charge in [0, 0.05) is 16.1 Å². The number of hydrogen-bond acceptors (Lipinski definition) is 2. The zero-order chi connectivity index (χ0) is 15.6. The maximum atomic E-state index is 6.04. The molecule has 0 unspecified atom stereocenters. The standard InChI is InChI=1S/C20H13ClN2/c21-16-8-3-7-15(13-16)19-11-12-20(23-22-19)18-10-4-6-14-5-1-2-9-17(14)18/h1-13H. The first kappa shape index (κ1) is 13.9.